The summed E-state index contributed by atoms with van der Waals surface area (Å²) in [5.41, 5.74) is 0. The lowest BCUT2D eigenvalue weighted by atomic mass is 10.0. The van der Waals surface area contributed by atoms with Crippen LogP contribution in [0.2, 0.25) is 0 Å². The molecule has 0 heterocycles. The Balaban J connectivity index is 2.48. The highest BCUT2D eigenvalue weighted by atomic mass is 35.5. The molecule has 0 aromatic heterocycles. The van der Waals surface area contributed by atoms with Crippen LogP contribution in [0.1, 0.15) is 38.5 Å². The maximum atomic E-state index is 10.5. The van der Waals surface area contributed by atoms with Crippen LogP contribution in [0, 0.1) is 0 Å². The zero-order valence-corrected chi connectivity index (χ0v) is 6.86. The monoisotopic (exact) mass is 160 g/mol. The fourth-order valence-electron chi connectivity index (χ4n) is 1.43. The molecule has 1 nitrogen and oxygen atoms in total. The molecule has 0 N–H and O–H groups in total. The second-order valence-electron chi connectivity index (χ2n) is 3.07. The molecule has 10 heavy (non-hydrogen) atoms. The maximum Gasteiger partial charge on any atom is 0.140 e. The van der Waals surface area contributed by atoms with Crippen LogP contribution in [-0.4, -0.2) is 11.2 Å². The summed E-state index contributed by atoms with van der Waals surface area (Å²) < 4.78 is 0. The Morgan fingerprint density at radius 2 is 1.60 bits per heavy atom. The third kappa shape index (κ3) is 1.98. The molecule has 1 aliphatic rings. The zero-order chi connectivity index (χ0) is 7.45. The summed E-state index contributed by atoms with van der Waals surface area (Å²) in [5, 5.41) is 0. The predicted octanol–water partition coefficient (Wildman–Crippen LogP) is 2.52. The van der Waals surface area contributed by atoms with Crippen molar-refractivity contribution in [3.63, 3.8) is 0 Å². The number of hydrogen-bond donors (Lipinski definition) is 0. The van der Waals surface area contributed by atoms with Crippen molar-refractivity contribution in [1.82, 2.24) is 0 Å². The van der Waals surface area contributed by atoms with E-state index in [9.17, 15) is 4.79 Å². The molecule has 0 radical (unpaired) electrons. The molecule has 0 aliphatic heterocycles. The van der Waals surface area contributed by atoms with Gasteiger partial charge in [-0.2, -0.15) is 0 Å². The molecule has 2 heteroatoms. The van der Waals surface area contributed by atoms with Crippen LogP contribution in [0.15, 0.2) is 0 Å². The molecule has 0 bridgehead atoms. The molecule has 0 saturated heterocycles. The highest BCUT2D eigenvalue weighted by Crippen LogP contribution is 2.30. The number of alkyl halides is 1. The molecule has 0 aromatic rings. The van der Waals surface area contributed by atoms with Gasteiger partial charge >= 0.3 is 0 Å². The van der Waals surface area contributed by atoms with Crippen LogP contribution in [0.4, 0.5) is 0 Å². The van der Waals surface area contributed by atoms with Gasteiger partial charge in [0.2, 0.25) is 0 Å². The molecule has 0 aromatic carbocycles. The summed E-state index contributed by atoms with van der Waals surface area (Å²) in [4.78, 5) is 10.00. The number of rotatable bonds is 1. The number of hydrogen-bond acceptors (Lipinski definition) is 1. The van der Waals surface area contributed by atoms with Gasteiger partial charge in [0.1, 0.15) is 6.29 Å². The van der Waals surface area contributed by atoms with E-state index in [0.29, 0.717) is 0 Å². The smallest absolute Gasteiger partial charge is 0.140 e. The van der Waals surface area contributed by atoms with E-state index in [-0.39, 0.29) is 0 Å². The van der Waals surface area contributed by atoms with Crippen LogP contribution < -0.4 is 0 Å². The Kier molecular flexibility index (Phi) is 2.72. The van der Waals surface area contributed by atoms with Crippen molar-refractivity contribution < 1.29 is 4.79 Å². The van der Waals surface area contributed by atoms with Gasteiger partial charge in [0, 0.05) is 0 Å². The van der Waals surface area contributed by atoms with Gasteiger partial charge in [-0.15, -0.1) is 11.6 Å². The Labute approximate surface area is 66.8 Å². The summed E-state index contributed by atoms with van der Waals surface area (Å²) in [6.07, 6.45) is 7.37. The van der Waals surface area contributed by atoms with E-state index in [1.165, 1.54) is 12.8 Å². The fraction of sp³-hybridized carbons (Fsp3) is 0.875. The van der Waals surface area contributed by atoms with Gasteiger partial charge in [0.25, 0.3) is 0 Å². The second kappa shape index (κ2) is 3.38. The maximum absolute atomic E-state index is 10.5. The molecule has 1 aliphatic carbocycles. The van der Waals surface area contributed by atoms with Gasteiger partial charge in [-0.05, 0) is 12.8 Å². The summed E-state index contributed by atoms with van der Waals surface area (Å²) in [6.45, 7) is 0. The van der Waals surface area contributed by atoms with Crippen LogP contribution in [0.5, 0.6) is 0 Å². The largest absolute Gasteiger partial charge is 0.301 e. The van der Waals surface area contributed by atoms with Crippen LogP contribution in [0.25, 0.3) is 0 Å². The quantitative estimate of drug-likeness (QED) is 0.327. The van der Waals surface area contributed by atoms with Gasteiger partial charge < -0.3 is 4.79 Å². The third-order valence-electron chi connectivity index (χ3n) is 2.15. The average molecular weight is 161 g/mol. The molecule has 0 atom stereocenters. The van der Waals surface area contributed by atoms with Crippen molar-refractivity contribution in [2.45, 2.75) is 43.4 Å². The number of aldehydes is 1. The van der Waals surface area contributed by atoms with Crippen LogP contribution in [-0.2, 0) is 4.79 Å². The Morgan fingerprint density at radius 3 is 2.00 bits per heavy atom. The first-order valence-corrected chi connectivity index (χ1v) is 4.30. The van der Waals surface area contributed by atoms with Gasteiger partial charge in [0.05, 0.1) is 4.87 Å². The van der Waals surface area contributed by atoms with E-state index in [2.05, 4.69) is 0 Å². The molecule has 58 valence electrons. The highest BCUT2D eigenvalue weighted by molar-refractivity contribution is 6.31. The van der Waals surface area contributed by atoms with E-state index >= 15 is 0 Å². The van der Waals surface area contributed by atoms with Gasteiger partial charge in [-0.1, -0.05) is 25.7 Å². The average Bonchev–Trinajstić information content (AvgIpc) is 2.15. The summed E-state index contributed by atoms with van der Waals surface area (Å²) in [5.74, 6) is 0. The Hall–Kier alpha value is -0.0400. The lowest BCUT2D eigenvalue weighted by Gasteiger charge is -2.16. The first-order chi connectivity index (χ1) is 4.77. The van der Waals surface area contributed by atoms with E-state index < -0.39 is 4.87 Å². The fourth-order valence-corrected chi connectivity index (χ4v) is 1.70. The number of halogens is 1. The van der Waals surface area contributed by atoms with Gasteiger partial charge in [0.15, 0.2) is 0 Å². The predicted molar refractivity (Wildman–Crippen MR) is 42.4 cm³/mol. The standard InChI is InChI=1S/C8H13ClO/c9-8(7-10)5-3-1-2-4-6-8/h7H,1-6H2. The number of carbonyl (C=O) groups is 1. The van der Waals surface area contributed by atoms with Crippen molar-refractivity contribution in [3.8, 4) is 0 Å². The second-order valence-corrected chi connectivity index (χ2v) is 3.82. The van der Waals surface area contributed by atoms with E-state index in [4.69, 9.17) is 11.6 Å². The minimum absolute atomic E-state index is 0.503. The van der Waals surface area contributed by atoms with Crippen molar-refractivity contribution in [1.29, 1.82) is 0 Å². The minimum Gasteiger partial charge on any atom is -0.301 e. The molecule has 0 amide bonds. The summed E-state index contributed by atoms with van der Waals surface area (Å²) in [6, 6.07) is 0. The van der Waals surface area contributed by atoms with Gasteiger partial charge in [-0.3, -0.25) is 0 Å². The first-order valence-electron chi connectivity index (χ1n) is 3.92. The Bertz CT molecular complexity index is 114. The molecule has 0 spiro atoms. The van der Waals surface area contributed by atoms with E-state index in [0.717, 1.165) is 32.0 Å². The molecule has 0 unspecified atom stereocenters. The molecular formula is C8H13ClO. The van der Waals surface area contributed by atoms with E-state index in [1.807, 2.05) is 0 Å². The third-order valence-corrected chi connectivity index (χ3v) is 2.61. The summed E-state index contributed by atoms with van der Waals surface area (Å²) in [7, 11) is 0. The topological polar surface area (TPSA) is 17.1 Å². The highest BCUT2D eigenvalue weighted by Gasteiger charge is 2.26. The number of carbonyl (C=O) groups excluding carboxylic acids is 1. The lowest BCUT2D eigenvalue weighted by Crippen LogP contribution is -2.21. The molecule has 1 fully saturated rings. The SMILES string of the molecule is O=CC1(Cl)CCCCCC1. The lowest BCUT2D eigenvalue weighted by molar-refractivity contribution is -0.110. The van der Waals surface area contributed by atoms with Gasteiger partial charge in [-0.25, -0.2) is 0 Å². The first kappa shape index (κ1) is 8.06. The normalized spacial score (nSPS) is 25.3. The summed E-state index contributed by atoms with van der Waals surface area (Å²) >= 11 is 6.00. The van der Waals surface area contributed by atoms with E-state index in [1.54, 1.807) is 0 Å². The van der Waals surface area contributed by atoms with Crippen molar-refractivity contribution >= 4 is 17.9 Å². The molecular weight excluding hydrogens is 148 g/mol. The van der Waals surface area contributed by atoms with Crippen LogP contribution in [0.3, 0.4) is 0 Å². The van der Waals surface area contributed by atoms with Crippen molar-refractivity contribution in [2.75, 3.05) is 0 Å². The molecule has 1 rings (SSSR count). The van der Waals surface area contributed by atoms with Crippen molar-refractivity contribution in [3.05, 3.63) is 0 Å². The van der Waals surface area contributed by atoms with Crippen LogP contribution >= 0.6 is 11.6 Å². The zero-order valence-electron chi connectivity index (χ0n) is 6.11. The Morgan fingerprint density at radius 1 is 1.10 bits per heavy atom. The minimum atomic E-state index is -0.503. The van der Waals surface area contributed by atoms with Crippen molar-refractivity contribution in [2.24, 2.45) is 0 Å². The molecule has 1 saturated carbocycles.